The van der Waals surface area contributed by atoms with Gasteiger partial charge in [-0.25, -0.2) is 9.97 Å². The van der Waals surface area contributed by atoms with Crippen LogP contribution in [0.1, 0.15) is 31.3 Å². The molecule has 0 fully saturated rings. The largest absolute Gasteiger partial charge is 0.237 e. The average Bonchev–Trinajstić information content (AvgIpc) is 2.36. The van der Waals surface area contributed by atoms with Crippen molar-refractivity contribution in [3.05, 3.63) is 52.0 Å². The van der Waals surface area contributed by atoms with E-state index in [1.165, 1.54) is 0 Å². The minimum atomic E-state index is 0.343. The number of benzene rings is 1. The second-order valence-corrected chi connectivity index (χ2v) is 6.30. The molecule has 1 aromatic heterocycles. The Morgan fingerprint density at radius 1 is 1.16 bits per heavy atom. The summed E-state index contributed by atoms with van der Waals surface area (Å²) in [5, 5.41) is 1.24. The Hall–Kier alpha value is -0.770. The summed E-state index contributed by atoms with van der Waals surface area (Å²) in [4.78, 5) is 9.87. The van der Waals surface area contributed by atoms with E-state index in [0.29, 0.717) is 16.8 Å². The molecule has 0 saturated carbocycles. The van der Waals surface area contributed by atoms with Gasteiger partial charge in [0.25, 0.3) is 0 Å². The van der Waals surface area contributed by atoms with Gasteiger partial charge in [0.2, 0.25) is 0 Å². The van der Waals surface area contributed by atoms with Crippen LogP contribution in [0.4, 0.5) is 0 Å². The lowest BCUT2D eigenvalue weighted by molar-refractivity contribution is 0.799. The lowest BCUT2D eigenvalue weighted by Crippen LogP contribution is -2.00. The predicted octanol–water partition coefficient (Wildman–Crippen LogP) is 5.20. The van der Waals surface area contributed by atoms with Gasteiger partial charge in [0, 0.05) is 15.6 Å². The average molecular weight is 313 g/mol. The first-order chi connectivity index (χ1) is 9.04. The van der Waals surface area contributed by atoms with Crippen LogP contribution in [-0.4, -0.2) is 9.97 Å². The summed E-state index contributed by atoms with van der Waals surface area (Å²) in [6.45, 7) is 4.18. The van der Waals surface area contributed by atoms with Gasteiger partial charge in [-0.05, 0) is 30.2 Å². The van der Waals surface area contributed by atoms with E-state index in [0.717, 1.165) is 21.4 Å². The SMILES string of the molecule is CC(C)c1cc(Cl)nc(CSc2cccc(Cl)c2)n1. The van der Waals surface area contributed by atoms with Crippen LogP contribution < -0.4 is 0 Å². The molecule has 0 aliphatic carbocycles. The molecule has 0 amide bonds. The fourth-order valence-corrected chi connectivity index (χ4v) is 2.82. The first-order valence-electron chi connectivity index (χ1n) is 5.96. The summed E-state index contributed by atoms with van der Waals surface area (Å²) in [5.74, 6) is 1.78. The predicted molar refractivity (Wildman–Crippen MR) is 82.1 cm³/mol. The third-order valence-corrected chi connectivity index (χ3v) is 3.94. The van der Waals surface area contributed by atoms with Gasteiger partial charge in [-0.15, -0.1) is 11.8 Å². The van der Waals surface area contributed by atoms with Crippen LogP contribution in [0.5, 0.6) is 0 Å². The number of nitrogens with zero attached hydrogens (tertiary/aromatic N) is 2. The molecule has 1 heterocycles. The molecule has 2 nitrogen and oxygen atoms in total. The van der Waals surface area contributed by atoms with E-state index in [-0.39, 0.29) is 0 Å². The third kappa shape index (κ3) is 4.37. The molecule has 0 aliphatic heterocycles. The number of hydrogen-bond acceptors (Lipinski definition) is 3. The van der Waals surface area contributed by atoms with Crippen LogP contribution in [0.3, 0.4) is 0 Å². The molecule has 5 heteroatoms. The van der Waals surface area contributed by atoms with Gasteiger partial charge >= 0.3 is 0 Å². The number of halogens is 2. The summed E-state index contributed by atoms with van der Waals surface area (Å²) in [6, 6.07) is 9.56. The van der Waals surface area contributed by atoms with E-state index in [1.54, 1.807) is 11.8 Å². The fourth-order valence-electron chi connectivity index (χ4n) is 1.55. The third-order valence-electron chi connectivity index (χ3n) is 2.52. The van der Waals surface area contributed by atoms with Gasteiger partial charge in [-0.1, -0.05) is 43.1 Å². The molecular weight excluding hydrogens is 299 g/mol. The van der Waals surface area contributed by atoms with Crippen LogP contribution >= 0.6 is 35.0 Å². The maximum atomic E-state index is 6.02. The molecule has 0 spiro atoms. The lowest BCUT2D eigenvalue weighted by atomic mass is 10.1. The molecule has 2 aromatic rings. The Bertz CT molecular complexity index is 573. The van der Waals surface area contributed by atoms with E-state index in [2.05, 4.69) is 23.8 Å². The van der Waals surface area contributed by atoms with Crippen LogP contribution in [0.25, 0.3) is 0 Å². The van der Waals surface area contributed by atoms with Crippen LogP contribution in [0.2, 0.25) is 10.2 Å². The first kappa shape index (κ1) is 14.6. The lowest BCUT2D eigenvalue weighted by Gasteiger charge is -2.07. The fraction of sp³-hybridized carbons (Fsp3) is 0.286. The Balaban J connectivity index is 2.11. The highest BCUT2D eigenvalue weighted by Gasteiger charge is 2.07. The molecule has 0 radical (unpaired) electrons. The molecule has 2 rings (SSSR count). The van der Waals surface area contributed by atoms with Crippen molar-refractivity contribution in [2.24, 2.45) is 0 Å². The van der Waals surface area contributed by atoms with Gasteiger partial charge in [0.05, 0.1) is 5.75 Å². The van der Waals surface area contributed by atoms with Crippen molar-refractivity contribution in [1.29, 1.82) is 0 Å². The highest BCUT2D eigenvalue weighted by molar-refractivity contribution is 7.98. The zero-order valence-electron chi connectivity index (χ0n) is 10.7. The molecular formula is C14H14Cl2N2S. The summed E-state index contributed by atoms with van der Waals surface area (Å²) < 4.78 is 0. The number of aromatic nitrogens is 2. The number of rotatable bonds is 4. The molecule has 0 saturated heterocycles. The van der Waals surface area contributed by atoms with Crippen LogP contribution in [0.15, 0.2) is 35.2 Å². The van der Waals surface area contributed by atoms with Gasteiger partial charge in [0.1, 0.15) is 11.0 Å². The summed E-state index contributed by atoms with van der Waals surface area (Å²) in [6.07, 6.45) is 0. The molecule has 0 aliphatic rings. The van der Waals surface area contributed by atoms with E-state index in [1.807, 2.05) is 30.3 Å². The summed E-state index contributed by atoms with van der Waals surface area (Å²) in [5.41, 5.74) is 0.974. The molecule has 0 N–H and O–H groups in total. The second kappa shape index (κ2) is 6.60. The highest BCUT2D eigenvalue weighted by Crippen LogP contribution is 2.25. The molecule has 19 heavy (non-hydrogen) atoms. The van der Waals surface area contributed by atoms with Crippen molar-refractivity contribution in [3.8, 4) is 0 Å². The van der Waals surface area contributed by atoms with Gasteiger partial charge in [-0.2, -0.15) is 0 Å². The number of hydrogen-bond donors (Lipinski definition) is 0. The van der Waals surface area contributed by atoms with E-state index < -0.39 is 0 Å². The molecule has 0 bridgehead atoms. The molecule has 1 aromatic carbocycles. The standard InChI is InChI=1S/C14H14Cl2N2S/c1-9(2)12-7-13(16)18-14(17-12)8-19-11-5-3-4-10(15)6-11/h3-7,9H,8H2,1-2H3. The second-order valence-electron chi connectivity index (χ2n) is 4.43. The van der Waals surface area contributed by atoms with Crippen molar-refractivity contribution in [2.75, 3.05) is 0 Å². The van der Waals surface area contributed by atoms with Crippen LogP contribution in [-0.2, 0) is 5.75 Å². The van der Waals surface area contributed by atoms with Crippen molar-refractivity contribution >= 4 is 35.0 Å². The first-order valence-corrected chi connectivity index (χ1v) is 7.70. The zero-order valence-corrected chi connectivity index (χ0v) is 13.1. The summed E-state index contributed by atoms with van der Waals surface area (Å²) >= 11 is 13.6. The van der Waals surface area contributed by atoms with Gasteiger partial charge in [0.15, 0.2) is 0 Å². The normalized spacial score (nSPS) is 11.0. The number of thioether (sulfide) groups is 1. The Morgan fingerprint density at radius 2 is 1.95 bits per heavy atom. The van der Waals surface area contributed by atoms with Crippen molar-refractivity contribution in [3.63, 3.8) is 0 Å². The minimum absolute atomic E-state index is 0.343. The maximum Gasteiger partial charge on any atom is 0.140 e. The van der Waals surface area contributed by atoms with E-state index in [9.17, 15) is 0 Å². The summed E-state index contributed by atoms with van der Waals surface area (Å²) in [7, 11) is 0. The molecule has 100 valence electrons. The van der Waals surface area contributed by atoms with Crippen molar-refractivity contribution in [2.45, 2.75) is 30.4 Å². The quantitative estimate of drug-likeness (QED) is 0.573. The Labute approximate surface area is 127 Å². The smallest absolute Gasteiger partial charge is 0.140 e. The van der Waals surface area contributed by atoms with Gasteiger partial charge in [-0.3, -0.25) is 0 Å². The van der Waals surface area contributed by atoms with Crippen LogP contribution in [0, 0.1) is 0 Å². The molecule has 0 atom stereocenters. The van der Waals surface area contributed by atoms with E-state index in [4.69, 9.17) is 23.2 Å². The monoisotopic (exact) mass is 312 g/mol. The van der Waals surface area contributed by atoms with Gasteiger partial charge < -0.3 is 0 Å². The minimum Gasteiger partial charge on any atom is -0.237 e. The topological polar surface area (TPSA) is 25.8 Å². The van der Waals surface area contributed by atoms with E-state index >= 15 is 0 Å². The highest BCUT2D eigenvalue weighted by atomic mass is 35.5. The van der Waals surface area contributed by atoms with Crippen molar-refractivity contribution < 1.29 is 0 Å². The maximum absolute atomic E-state index is 6.02. The Kier molecular flexibility index (Phi) is 5.08. The zero-order chi connectivity index (χ0) is 13.8. The Morgan fingerprint density at radius 3 is 2.63 bits per heavy atom. The molecule has 0 unspecified atom stereocenters. The van der Waals surface area contributed by atoms with Crippen molar-refractivity contribution in [1.82, 2.24) is 9.97 Å².